The number of hydrogen-bond acceptors (Lipinski definition) is 6. The van der Waals surface area contributed by atoms with Gasteiger partial charge in [-0.1, -0.05) is 338 Å². The van der Waals surface area contributed by atoms with Gasteiger partial charge in [0.05, 0.1) is 0 Å². The molecule has 6 heteroatoms. The third kappa shape index (κ3) is 65.9. The molecule has 0 N–H and O–H groups in total. The van der Waals surface area contributed by atoms with Crippen LogP contribution in [0.5, 0.6) is 0 Å². The van der Waals surface area contributed by atoms with Gasteiger partial charge in [0.1, 0.15) is 13.2 Å². The van der Waals surface area contributed by atoms with Gasteiger partial charge in [-0.05, 0) is 77.0 Å². The Morgan fingerprint density at radius 2 is 0.512 bits per heavy atom. The molecule has 0 spiro atoms. The summed E-state index contributed by atoms with van der Waals surface area (Å²) in [5, 5.41) is 0. The predicted molar refractivity (Wildman–Crippen MR) is 348 cm³/mol. The van der Waals surface area contributed by atoms with Crippen LogP contribution in [0.25, 0.3) is 0 Å². The molecule has 466 valence electrons. The molecule has 0 aliphatic carbocycles. The summed E-state index contributed by atoms with van der Waals surface area (Å²) in [5.74, 6) is -0.861. The van der Waals surface area contributed by atoms with Gasteiger partial charge in [-0.15, -0.1) is 0 Å². The molecule has 1 atom stereocenters. The molecular formula is C74H134O6. The first kappa shape index (κ1) is 77.1. The van der Waals surface area contributed by atoms with Crippen molar-refractivity contribution in [1.29, 1.82) is 0 Å². The second-order valence-electron chi connectivity index (χ2n) is 23.8. The quantitative estimate of drug-likeness (QED) is 0.0261. The van der Waals surface area contributed by atoms with Crippen LogP contribution in [0, 0.1) is 0 Å². The first-order valence-corrected chi connectivity index (χ1v) is 35.3. The lowest BCUT2D eigenvalue weighted by Gasteiger charge is -2.18. The van der Waals surface area contributed by atoms with Crippen molar-refractivity contribution in [3.63, 3.8) is 0 Å². The van der Waals surface area contributed by atoms with Crippen molar-refractivity contribution >= 4 is 17.9 Å². The van der Waals surface area contributed by atoms with Crippen LogP contribution in [0.3, 0.4) is 0 Å². The summed E-state index contributed by atoms with van der Waals surface area (Å²) < 4.78 is 16.9. The van der Waals surface area contributed by atoms with Crippen LogP contribution < -0.4 is 0 Å². The van der Waals surface area contributed by atoms with Gasteiger partial charge in [0.25, 0.3) is 0 Å². The number of esters is 3. The highest BCUT2D eigenvalue weighted by Gasteiger charge is 2.19. The SMILES string of the molecule is CC/C=C\C/C=C\C/C=C\C/C=C\CCCCCCCCCCCCCCCCC(=O)OCC(COC(=O)CCCCCCC/C=C\CCC)OC(=O)CCCCCCCCCCCCCCCCCCCCCCCCCCC. The minimum atomic E-state index is -0.776. The zero-order valence-electron chi connectivity index (χ0n) is 53.6. The standard InChI is InChI=1S/C74H134O6/c1-4-7-10-13-16-19-22-24-26-28-30-32-34-36-37-39-40-42-44-46-48-50-52-55-58-61-64-67-73(76)79-70-71(69-78-72(75)66-63-60-57-54-21-18-15-12-9-6-3)80-74(77)68-65-62-59-56-53-51-49-47-45-43-41-38-35-33-31-29-27-25-23-20-17-14-11-8-5-2/h7,10,12,15-16,19,24,26,30,32,71H,4-6,8-9,11,13-14,17-18,20-23,25,27-29,31,33-70H2,1-3H3/b10-7-,15-12-,19-16-,26-24-,32-30-. The van der Waals surface area contributed by atoms with Gasteiger partial charge < -0.3 is 14.2 Å². The highest BCUT2D eigenvalue weighted by molar-refractivity contribution is 5.71. The second kappa shape index (κ2) is 68.6. The molecule has 0 aliphatic rings. The number of rotatable bonds is 65. The third-order valence-electron chi connectivity index (χ3n) is 15.7. The maximum absolute atomic E-state index is 12.9. The summed E-state index contributed by atoms with van der Waals surface area (Å²) in [6.07, 6.45) is 88.4. The Labute approximate surface area is 498 Å². The molecule has 0 rings (SSSR count). The Bertz CT molecular complexity index is 1430. The second-order valence-corrected chi connectivity index (χ2v) is 23.8. The number of hydrogen-bond donors (Lipinski definition) is 0. The van der Waals surface area contributed by atoms with Gasteiger partial charge in [-0.25, -0.2) is 0 Å². The van der Waals surface area contributed by atoms with E-state index >= 15 is 0 Å². The van der Waals surface area contributed by atoms with E-state index in [4.69, 9.17) is 14.2 Å². The molecule has 0 heterocycles. The lowest BCUT2D eigenvalue weighted by atomic mass is 10.0. The number of carbonyl (C=O) groups is 3. The summed E-state index contributed by atoms with van der Waals surface area (Å²) in [4.78, 5) is 38.3. The highest BCUT2D eigenvalue weighted by Crippen LogP contribution is 2.18. The number of ether oxygens (including phenoxy) is 3. The number of carbonyl (C=O) groups excluding carboxylic acids is 3. The van der Waals surface area contributed by atoms with E-state index in [1.54, 1.807) is 0 Å². The van der Waals surface area contributed by atoms with Crippen molar-refractivity contribution in [1.82, 2.24) is 0 Å². The van der Waals surface area contributed by atoms with Gasteiger partial charge in [-0.2, -0.15) is 0 Å². The van der Waals surface area contributed by atoms with Gasteiger partial charge in [0.2, 0.25) is 0 Å². The Balaban J connectivity index is 4.14. The van der Waals surface area contributed by atoms with Crippen LogP contribution in [0.4, 0.5) is 0 Å². The number of unbranched alkanes of at least 4 members (excludes halogenated alkanes) is 44. The molecule has 80 heavy (non-hydrogen) atoms. The van der Waals surface area contributed by atoms with Gasteiger partial charge in [-0.3, -0.25) is 14.4 Å². The number of allylic oxidation sites excluding steroid dienone is 10. The fraction of sp³-hybridized carbons (Fsp3) is 0.824. The lowest BCUT2D eigenvalue weighted by Crippen LogP contribution is -2.30. The zero-order chi connectivity index (χ0) is 57.8. The van der Waals surface area contributed by atoms with Gasteiger partial charge >= 0.3 is 17.9 Å². The van der Waals surface area contributed by atoms with Crippen LogP contribution >= 0.6 is 0 Å². The summed E-state index contributed by atoms with van der Waals surface area (Å²) in [7, 11) is 0. The van der Waals surface area contributed by atoms with E-state index in [1.807, 2.05) is 0 Å². The monoisotopic (exact) mass is 1120 g/mol. The molecule has 1 unspecified atom stereocenters. The molecule has 0 saturated heterocycles. The molecule has 0 aromatic rings. The van der Waals surface area contributed by atoms with E-state index in [2.05, 4.69) is 81.5 Å². The molecule has 0 aliphatic heterocycles. The summed E-state index contributed by atoms with van der Waals surface area (Å²) >= 11 is 0. The third-order valence-corrected chi connectivity index (χ3v) is 15.7. The van der Waals surface area contributed by atoms with Crippen LogP contribution in [0.2, 0.25) is 0 Å². The first-order chi connectivity index (χ1) is 39.5. The predicted octanol–water partition coefficient (Wildman–Crippen LogP) is 24.3. The maximum Gasteiger partial charge on any atom is 0.306 e. The molecule has 6 nitrogen and oxygen atoms in total. The Morgan fingerprint density at radius 1 is 0.263 bits per heavy atom. The molecule has 0 bridgehead atoms. The smallest absolute Gasteiger partial charge is 0.306 e. The highest BCUT2D eigenvalue weighted by atomic mass is 16.6. The van der Waals surface area contributed by atoms with E-state index in [0.717, 1.165) is 96.3 Å². The minimum absolute atomic E-state index is 0.0727. The van der Waals surface area contributed by atoms with Gasteiger partial charge in [0, 0.05) is 19.3 Å². The van der Waals surface area contributed by atoms with Crippen LogP contribution in [-0.2, 0) is 28.6 Å². The molecule has 0 saturated carbocycles. The van der Waals surface area contributed by atoms with Crippen molar-refractivity contribution in [3.8, 4) is 0 Å². The van der Waals surface area contributed by atoms with Crippen molar-refractivity contribution in [3.05, 3.63) is 60.8 Å². The Kier molecular flexibility index (Phi) is 66.1. The Morgan fingerprint density at radius 3 is 0.825 bits per heavy atom. The molecule has 0 fully saturated rings. The van der Waals surface area contributed by atoms with Crippen molar-refractivity contribution in [2.24, 2.45) is 0 Å². The largest absolute Gasteiger partial charge is 0.462 e. The van der Waals surface area contributed by atoms with E-state index < -0.39 is 6.10 Å². The topological polar surface area (TPSA) is 78.9 Å². The summed E-state index contributed by atoms with van der Waals surface area (Å²) in [5.41, 5.74) is 0. The van der Waals surface area contributed by atoms with Crippen molar-refractivity contribution in [2.75, 3.05) is 13.2 Å². The van der Waals surface area contributed by atoms with Crippen LogP contribution in [0.1, 0.15) is 374 Å². The van der Waals surface area contributed by atoms with E-state index in [9.17, 15) is 14.4 Å². The minimum Gasteiger partial charge on any atom is -0.462 e. The average molecular weight is 1120 g/mol. The fourth-order valence-corrected chi connectivity index (χ4v) is 10.5. The van der Waals surface area contributed by atoms with E-state index in [-0.39, 0.29) is 31.1 Å². The normalized spacial score (nSPS) is 12.4. The molecule has 0 amide bonds. The first-order valence-electron chi connectivity index (χ1n) is 35.3. The van der Waals surface area contributed by atoms with Crippen LogP contribution in [-0.4, -0.2) is 37.2 Å². The Hall–Kier alpha value is -2.89. The maximum atomic E-state index is 12.9. The molecule has 0 radical (unpaired) electrons. The molecule has 0 aromatic heterocycles. The molecular weight excluding hydrogens is 985 g/mol. The van der Waals surface area contributed by atoms with Gasteiger partial charge in [0.15, 0.2) is 6.10 Å². The zero-order valence-corrected chi connectivity index (χ0v) is 53.6. The fourth-order valence-electron chi connectivity index (χ4n) is 10.5. The lowest BCUT2D eigenvalue weighted by molar-refractivity contribution is -0.167. The molecule has 0 aromatic carbocycles. The van der Waals surface area contributed by atoms with Crippen molar-refractivity contribution < 1.29 is 28.6 Å². The summed E-state index contributed by atoms with van der Waals surface area (Å²) in [6.45, 7) is 6.52. The van der Waals surface area contributed by atoms with E-state index in [0.29, 0.717) is 19.3 Å². The average Bonchev–Trinajstić information content (AvgIpc) is 3.46. The van der Waals surface area contributed by atoms with Crippen LogP contribution in [0.15, 0.2) is 60.8 Å². The summed E-state index contributed by atoms with van der Waals surface area (Å²) in [6, 6.07) is 0. The van der Waals surface area contributed by atoms with Crippen molar-refractivity contribution in [2.45, 2.75) is 380 Å². The van der Waals surface area contributed by atoms with E-state index in [1.165, 1.54) is 238 Å².